The van der Waals surface area contributed by atoms with Gasteiger partial charge in [-0.1, -0.05) is 12.1 Å². The molecular formula is C34H8F8N6. The van der Waals surface area contributed by atoms with Crippen LogP contribution < -0.4 is 0 Å². The van der Waals surface area contributed by atoms with Crippen LogP contribution in [0.15, 0.2) is 59.7 Å². The van der Waals surface area contributed by atoms with Gasteiger partial charge in [-0.25, -0.2) is 8.78 Å². The van der Waals surface area contributed by atoms with Gasteiger partial charge in [-0.2, -0.15) is 57.9 Å². The minimum Gasteiger partial charge on any atom is -0.206 e. The predicted octanol–water partition coefficient (Wildman–Crippen LogP) is 8.50. The molecule has 6 nitrogen and oxygen atoms in total. The van der Waals surface area contributed by atoms with Crippen molar-refractivity contribution in [2.45, 2.75) is 12.4 Å². The molecule has 3 aromatic rings. The number of benzene rings is 3. The molecule has 2 aliphatic rings. The minimum atomic E-state index is -5.18. The molecule has 0 spiro atoms. The van der Waals surface area contributed by atoms with Crippen LogP contribution in [0.5, 0.6) is 0 Å². The van der Waals surface area contributed by atoms with Crippen LogP contribution >= 0.6 is 0 Å². The topological polar surface area (TPSA) is 143 Å². The average molecular weight is 652 g/mol. The molecule has 14 heteroatoms. The van der Waals surface area contributed by atoms with Crippen LogP contribution in [-0.4, -0.2) is 0 Å². The predicted molar refractivity (Wildman–Crippen MR) is 150 cm³/mol. The fourth-order valence-corrected chi connectivity index (χ4v) is 5.61. The van der Waals surface area contributed by atoms with Crippen LogP contribution in [0.4, 0.5) is 35.1 Å². The molecule has 5 rings (SSSR count). The van der Waals surface area contributed by atoms with Gasteiger partial charge in [0.25, 0.3) is 0 Å². The van der Waals surface area contributed by atoms with Gasteiger partial charge in [0.1, 0.15) is 59.2 Å². The maximum atomic E-state index is 14.2. The molecule has 0 radical (unpaired) electrons. The third-order valence-electron chi connectivity index (χ3n) is 7.53. The second kappa shape index (κ2) is 11.4. The van der Waals surface area contributed by atoms with E-state index < -0.39 is 68.5 Å². The smallest absolute Gasteiger partial charge is 0.206 e. The number of hydrogen-bond acceptors (Lipinski definition) is 6. The molecule has 0 aromatic heterocycles. The summed E-state index contributed by atoms with van der Waals surface area (Å²) in [4.78, 5) is 0. The SMILES string of the molecule is N#CC(C#N)=C1C(c2ccc(F)c(C(F)(F)F)c2)=C(C#N)c2cc3c(cc21)C(C#N)=C(c1ccc(F)c(C(F)(F)F)c1)C3=C(C#N)C#N. The van der Waals surface area contributed by atoms with Gasteiger partial charge in [0.2, 0.25) is 0 Å². The summed E-state index contributed by atoms with van der Waals surface area (Å²) in [5.41, 5.74) is -8.57. The van der Waals surface area contributed by atoms with E-state index in [-0.39, 0.29) is 44.5 Å². The lowest BCUT2D eigenvalue weighted by Gasteiger charge is -2.13. The Hall–Kier alpha value is -7.00. The summed E-state index contributed by atoms with van der Waals surface area (Å²) < 4.78 is 110. The van der Waals surface area contributed by atoms with Crippen molar-refractivity contribution in [3.05, 3.63) is 116 Å². The normalized spacial score (nSPS) is 13.5. The molecule has 0 unspecified atom stereocenters. The molecule has 0 heterocycles. The summed E-state index contributed by atoms with van der Waals surface area (Å²) in [7, 11) is 0. The van der Waals surface area contributed by atoms with Crippen molar-refractivity contribution in [3.8, 4) is 36.4 Å². The molecule has 0 atom stereocenters. The molecule has 2 aliphatic carbocycles. The first-order chi connectivity index (χ1) is 22.7. The minimum absolute atomic E-state index is 0.143. The Morgan fingerprint density at radius 1 is 0.479 bits per heavy atom. The van der Waals surface area contributed by atoms with Crippen LogP contribution in [0.2, 0.25) is 0 Å². The molecule has 0 fully saturated rings. The highest BCUT2D eigenvalue weighted by atomic mass is 19.4. The standard InChI is InChI=1S/C34H8F8N6/c35-27-3-1-15(5-25(27)33(37,38)39)29-23(13-47)19-7-22-20(8-21(19)31(29)17(9-43)10-44)24(14-48)30(32(22)18(11-45)12-46)16-2-4-28(36)26(6-16)34(40,41)42/h1-8H. The molecule has 0 amide bonds. The van der Waals surface area contributed by atoms with E-state index in [9.17, 15) is 66.7 Å². The molecule has 0 bridgehead atoms. The van der Waals surface area contributed by atoms with Crippen molar-refractivity contribution in [3.63, 3.8) is 0 Å². The fraction of sp³-hybridized carbons (Fsp3) is 0.0588. The van der Waals surface area contributed by atoms with Crippen molar-refractivity contribution in [2.75, 3.05) is 0 Å². The zero-order valence-electron chi connectivity index (χ0n) is 23.3. The zero-order valence-corrected chi connectivity index (χ0v) is 23.3. The maximum Gasteiger partial charge on any atom is 0.419 e. The second-order valence-corrected chi connectivity index (χ2v) is 10.00. The molecule has 0 saturated carbocycles. The summed E-state index contributed by atoms with van der Waals surface area (Å²) >= 11 is 0. The highest BCUT2D eigenvalue weighted by Crippen LogP contribution is 2.55. The Kier molecular flexibility index (Phi) is 7.71. The molecule has 0 aliphatic heterocycles. The first kappa shape index (κ1) is 32.4. The fourth-order valence-electron chi connectivity index (χ4n) is 5.61. The summed E-state index contributed by atoms with van der Waals surface area (Å²) in [5.74, 6) is -3.29. The molecule has 3 aromatic carbocycles. The number of fused-ring (bicyclic) bond motifs is 2. The van der Waals surface area contributed by atoms with Gasteiger partial charge in [-0.05, 0) is 58.7 Å². The number of allylic oxidation sites excluding steroid dienone is 8. The van der Waals surface area contributed by atoms with Crippen molar-refractivity contribution in [2.24, 2.45) is 0 Å². The summed E-state index contributed by atoms with van der Waals surface area (Å²) in [5, 5.41) is 59.7. The summed E-state index contributed by atoms with van der Waals surface area (Å²) in [6, 6.07) is 15.8. The number of nitrogens with zero attached hydrogens (tertiary/aromatic N) is 6. The van der Waals surface area contributed by atoms with Crippen LogP contribution in [-0.2, 0) is 12.4 Å². The lowest BCUT2D eigenvalue weighted by molar-refractivity contribution is -0.140. The van der Waals surface area contributed by atoms with E-state index in [1.807, 2.05) is 0 Å². The Labute approximate surface area is 264 Å². The first-order valence-corrected chi connectivity index (χ1v) is 13.0. The molecular weight excluding hydrogens is 644 g/mol. The van der Waals surface area contributed by atoms with E-state index in [1.165, 1.54) is 0 Å². The lowest BCUT2D eigenvalue weighted by Crippen LogP contribution is -2.08. The maximum absolute atomic E-state index is 14.2. The van der Waals surface area contributed by atoms with E-state index >= 15 is 0 Å². The van der Waals surface area contributed by atoms with E-state index in [0.717, 1.165) is 24.3 Å². The molecule has 0 N–H and O–H groups in total. The Balaban J connectivity index is 1.92. The first-order valence-electron chi connectivity index (χ1n) is 13.0. The van der Waals surface area contributed by atoms with Crippen molar-refractivity contribution in [1.82, 2.24) is 0 Å². The summed E-state index contributed by atoms with van der Waals surface area (Å²) in [6.07, 6.45) is -10.4. The van der Waals surface area contributed by atoms with Crippen LogP contribution in [0, 0.1) is 79.6 Å². The zero-order chi connectivity index (χ0) is 35.3. The van der Waals surface area contributed by atoms with Gasteiger partial charge in [-0.15, -0.1) is 0 Å². The third kappa shape index (κ3) is 4.92. The summed E-state index contributed by atoms with van der Waals surface area (Å²) in [6.45, 7) is 0. The van der Waals surface area contributed by atoms with Gasteiger partial charge in [-0.3, -0.25) is 0 Å². The Morgan fingerprint density at radius 2 is 0.812 bits per heavy atom. The van der Waals surface area contributed by atoms with Gasteiger partial charge >= 0.3 is 12.4 Å². The number of hydrogen-bond donors (Lipinski definition) is 0. The van der Waals surface area contributed by atoms with Crippen molar-refractivity contribution in [1.29, 1.82) is 31.6 Å². The van der Waals surface area contributed by atoms with Crippen molar-refractivity contribution >= 4 is 33.4 Å². The Morgan fingerprint density at radius 3 is 1.08 bits per heavy atom. The van der Waals surface area contributed by atoms with Gasteiger partial charge in [0, 0.05) is 33.4 Å². The molecule has 0 saturated heterocycles. The number of halogens is 8. The highest BCUT2D eigenvalue weighted by molar-refractivity contribution is 6.29. The largest absolute Gasteiger partial charge is 0.419 e. The van der Waals surface area contributed by atoms with E-state index in [0.29, 0.717) is 24.3 Å². The third-order valence-corrected chi connectivity index (χ3v) is 7.53. The molecule has 48 heavy (non-hydrogen) atoms. The molecule has 230 valence electrons. The number of alkyl halides is 6. The number of nitriles is 6. The van der Waals surface area contributed by atoms with E-state index in [2.05, 4.69) is 0 Å². The van der Waals surface area contributed by atoms with Crippen LogP contribution in [0.25, 0.3) is 33.4 Å². The second-order valence-electron chi connectivity index (χ2n) is 10.00. The lowest BCUT2D eigenvalue weighted by atomic mass is 9.89. The van der Waals surface area contributed by atoms with Gasteiger partial charge < -0.3 is 0 Å². The van der Waals surface area contributed by atoms with Crippen LogP contribution in [0.1, 0.15) is 44.5 Å². The average Bonchev–Trinajstić information content (AvgIpc) is 3.52. The van der Waals surface area contributed by atoms with E-state index in [4.69, 9.17) is 0 Å². The number of rotatable bonds is 2. The Bertz CT molecular complexity index is 2200. The van der Waals surface area contributed by atoms with E-state index in [1.54, 1.807) is 36.4 Å². The van der Waals surface area contributed by atoms with Crippen molar-refractivity contribution < 1.29 is 35.1 Å². The van der Waals surface area contributed by atoms with Gasteiger partial charge in [0.15, 0.2) is 0 Å². The highest BCUT2D eigenvalue weighted by Gasteiger charge is 2.40. The monoisotopic (exact) mass is 652 g/mol. The quantitative estimate of drug-likeness (QED) is 0.201. The van der Waals surface area contributed by atoms with Crippen LogP contribution in [0.3, 0.4) is 0 Å². The van der Waals surface area contributed by atoms with Gasteiger partial charge in [0.05, 0.1) is 22.3 Å².